The maximum atomic E-state index is 12.4. The van der Waals surface area contributed by atoms with Crippen LogP contribution >= 0.6 is 0 Å². The Morgan fingerprint density at radius 2 is 2.00 bits per heavy atom. The van der Waals surface area contributed by atoms with Gasteiger partial charge in [-0.1, -0.05) is 0 Å². The van der Waals surface area contributed by atoms with Gasteiger partial charge in [0.15, 0.2) is 22.6 Å². The van der Waals surface area contributed by atoms with E-state index in [0.29, 0.717) is 46.8 Å². The smallest absolute Gasteiger partial charge is 0.332 e. The molecule has 0 bridgehead atoms. The predicted octanol–water partition coefficient (Wildman–Crippen LogP) is 1.30. The van der Waals surface area contributed by atoms with Crippen LogP contribution in [0.1, 0.15) is 18.7 Å². The molecule has 0 fully saturated rings. The summed E-state index contributed by atoms with van der Waals surface area (Å²) < 4.78 is 9.48. The zero-order chi connectivity index (χ0) is 20.7. The van der Waals surface area contributed by atoms with Gasteiger partial charge in [0.1, 0.15) is 5.52 Å². The number of imidazole rings is 1. The Morgan fingerprint density at radius 1 is 1.21 bits per heavy atom. The molecule has 0 unspecified atom stereocenters. The van der Waals surface area contributed by atoms with Gasteiger partial charge in [0.2, 0.25) is 5.91 Å². The van der Waals surface area contributed by atoms with Crippen molar-refractivity contribution in [2.45, 2.75) is 26.3 Å². The van der Waals surface area contributed by atoms with Crippen LogP contribution in [0.15, 0.2) is 38.5 Å². The molecule has 1 N–H and O–H groups in total. The Kier molecular flexibility index (Phi) is 4.53. The molecule has 3 heterocycles. The highest BCUT2D eigenvalue weighted by Crippen LogP contribution is 2.20. The first-order valence-corrected chi connectivity index (χ1v) is 9.13. The van der Waals surface area contributed by atoms with Crippen LogP contribution in [0.25, 0.3) is 22.3 Å². The molecule has 0 aliphatic heterocycles. The fourth-order valence-corrected chi connectivity index (χ4v) is 3.32. The van der Waals surface area contributed by atoms with Gasteiger partial charge in [-0.2, -0.15) is 0 Å². The molecule has 0 saturated carbocycles. The van der Waals surface area contributed by atoms with Crippen molar-refractivity contribution < 1.29 is 9.21 Å². The summed E-state index contributed by atoms with van der Waals surface area (Å²) in [4.78, 5) is 45.1. The number of benzene rings is 1. The SMILES string of the molecule is Cc1nc2cc(NC(=O)CCCn3cnc4c3c(=O)n(C)c(=O)n4C)ccc2o1. The van der Waals surface area contributed by atoms with Gasteiger partial charge in [-0.25, -0.2) is 14.8 Å². The minimum Gasteiger partial charge on any atom is -0.441 e. The standard InChI is InChI=1S/C19H20N6O4/c1-11-21-13-9-12(6-7-14(13)29-11)22-15(26)5-4-8-25-10-20-17-16(25)18(27)24(3)19(28)23(17)2/h6-7,9-10H,4-5,8H2,1-3H3,(H,22,26). The molecule has 0 saturated heterocycles. The number of carbonyl (C=O) groups is 1. The molecular weight excluding hydrogens is 376 g/mol. The van der Waals surface area contributed by atoms with Crippen molar-refractivity contribution >= 4 is 33.9 Å². The number of rotatable bonds is 5. The number of carbonyl (C=O) groups excluding carboxylic acids is 1. The number of anilines is 1. The summed E-state index contributed by atoms with van der Waals surface area (Å²) in [6.07, 6.45) is 2.29. The third kappa shape index (κ3) is 3.33. The van der Waals surface area contributed by atoms with E-state index in [1.165, 1.54) is 17.9 Å². The normalized spacial score (nSPS) is 11.4. The van der Waals surface area contributed by atoms with Crippen LogP contribution in [0.5, 0.6) is 0 Å². The first kappa shape index (κ1) is 18.7. The zero-order valence-electron chi connectivity index (χ0n) is 16.3. The second kappa shape index (κ2) is 7.04. The molecule has 4 rings (SSSR count). The van der Waals surface area contributed by atoms with Crippen molar-refractivity contribution in [1.82, 2.24) is 23.7 Å². The van der Waals surface area contributed by atoms with E-state index >= 15 is 0 Å². The van der Waals surface area contributed by atoms with Crippen molar-refractivity contribution in [2.24, 2.45) is 14.1 Å². The summed E-state index contributed by atoms with van der Waals surface area (Å²) >= 11 is 0. The lowest BCUT2D eigenvalue weighted by molar-refractivity contribution is -0.116. The number of aromatic nitrogens is 5. The number of amides is 1. The Hall–Kier alpha value is -3.69. The minimum atomic E-state index is -0.425. The highest BCUT2D eigenvalue weighted by Gasteiger charge is 2.14. The van der Waals surface area contributed by atoms with Crippen molar-refractivity contribution in [3.8, 4) is 0 Å². The maximum absolute atomic E-state index is 12.4. The first-order valence-electron chi connectivity index (χ1n) is 9.13. The largest absolute Gasteiger partial charge is 0.441 e. The Morgan fingerprint density at radius 3 is 2.79 bits per heavy atom. The summed E-state index contributed by atoms with van der Waals surface area (Å²) in [5.41, 5.74) is 1.86. The minimum absolute atomic E-state index is 0.144. The molecule has 10 nitrogen and oxygen atoms in total. The monoisotopic (exact) mass is 396 g/mol. The number of hydrogen-bond acceptors (Lipinski definition) is 6. The molecule has 0 aliphatic rings. The number of oxazole rings is 1. The zero-order valence-corrected chi connectivity index (χ0v) is 16.3. The lowest BCUT2D eigenvalue weighted by Crippen LogP contribution is -2.37. The fourth-order valence-electron chi connectivity index (χ4n) is 3.32. The lowest BCUT2D eigenvalue weighted by Gasteiger charge is -2.07. The van der Waals surface area contributed by atoms with E-state index in [4.69, 9.17) is 4.42 Å². The number of nitrogens with zero attached hydrogens (tertiary/aromatic N) is 5. The molecule has 4 aromatic rings. The maximum Gasteiger partial charge on any atom is 0.332 e. The van der Waals surface area contributed by atoms with Gasteiger partial charge in [0.05, 0.1) is 6.33 Å². The van der Waals surface area contributed by atoms with Crippen LogP contribution in [0.2, 0.25) is 0 Å². The van der Waals surface area contributed by atoms with Crippen molar-refractivity contribution in [3.05, 3.63) is 51.3 Å². The van der Waals surface area contributed by atoms with E-state index in [1.807, 2.05) is 0 Å². The molecule has 3 aromatic heterocycles. The highest BCUT2D eigenvalue weighted by molar-refractivity contribution is 5.92. The summed E-state index contributed by atoms with van der Waals surface area (Å²) in [7, 11) is 3.00. The van der Waals surface area contributed by atoms with Crippen LogP contribution < -0.4 is 16.6 Å². The van der Waals surface area contributed by atoms with E-state index in [-0.39, 0.29) is 12.3 Å². The number of hydrogen-bond donors (Lipinski definition) is 1. The summed E-state index contributed by atoms with van der Waals surface area (Å²) in [5.74, 6) is 0.425. The summed E-state index contributed by atoms with van der Waals surface area (Å²) in [5, 5.41) is 2.84. The third-order valence-corrected chi connectivity index (χ3v) is 4.80. The quantitative estimate of drug-likeness (QED) is 0.543. The number of nitrogens with one attached hydrogen (secondary N) is 1. The van der Waals surface area contributed by atoms with Gasteiger partial charge < -0.3 is 14.3 Å². The first-order chi connectivity index (χ1) is 13.8. The van der Waals surface area contributed by atoms with Crippen LogP contribution in [-0.4, -0.2) is 29.6 Å². The molecular formula is C19H20N6O4. The van der Waals surface area contributed by atoms with Gasteiger partial charge in [0.25, 0.3) is 5.56 Å². The Bertz CT molecular complexity index is 1360. The molecule has 0 atom stereocenters. The molecule has 10 heteroatoms. The van der Waals surface area contributed by atoms with Gasteiger partial charge in [0, 0.05) is 39.7 Å². The lowest BCUT2D eigenvalue weighted by atomic mass is 10.2. The van der Waals surface area contributed by atoms with E-state index in [2.05, 4.69) is 15.3 Å². The molecule has 0 spiro atoms. The van der Waals surface area contributed by atoms with Crippen LogP contribution in [-0.2, 0) is 25.4 Å². The van der Waals surface area contributed by atoms with Crippen LogP contribution in [0.4, 0.5) is 5.69 Å². The Labute approximate surface area is 164 Å². The van der Waals surface area contributed by atoms with Crippen molar-refractivity contribution in [2.75, 3.05) is 5.32 Å². The average Bonchev–Trinajstić information content (AvgIpc) is 3.27. The van der Waals surface area contributed by atoms with Gasteiger partial charge in [-0.3, -0.25) is 18.7 Å². The predicted molar refractivity (Wildman–Crippen MR) is 107 cm³/mol. The second-order valence-corrected chi connectivity index (χ2v) is 6.88. The molecule has 1 aromatic carbocycles. The van der Waals surface area contributed by atoms with Crippen LogP contribution in [0.3, 0.4) is 0 Å². The van der Waals surface area contributed by atoms with Crippen LogP contribution in [0, 0.1) is 6.92 Å². The third-order valence-electron chi connectivity index (χ3n) is 4.80. The highest BCUT2D eigenvalue weighted by atomic mass is 16.3. The summed E-state index contributed by atoms with van der Waals surface area (Å²) in [6, 6.07) is 5.29. The average molecular weight is 396 g/mol. The second-order valence-electron chi connectivity index (χ2n) is 6.88. The van der Waals surface area contributed by atoms with E-state index in [9.17, 15) is 14.4 Å². The topological polar surface area (TPSA) is 117 Å². The Balaban J connectivity index is 1.44. The van der Waals surface area contributed by atoms with Crippen molar-refractivity contribution in [3.63, 3.8) is 0 Å². The molecule has 29 heavy (non-hydrogen) atoms. The molecule has 0 radical (unpaired) electrons. The van der Waals surface area contributed by atoms with Gasteiger partial charge in [-0.15, -0.1) is 0 Å². The van der Waals surface area contributed by atoms with E-state index in [0.717, 1.165) is 4.57 Å². The van der Waals surface area contributed by atoms with Gasteiger partial charge in [-0.05, 0) is 24.6 Å². The molecule has 1 amide bonds. The number of fused-ring (bicyclic) bond motifs is 2. The van der Waals surface area contributed by atoms with E-state index < -0.39 is 11.2 Å². The van der Waals surface area contributed by atoms with Crippen molar-refractivity contribution in [1.29, 1.82) is 0 Å². The van der Waals surface area contributed by atoms with Gasteiger partial charge >= 0.3 is 5.69 Å². The molecule has 150 valence electrons. The summed E-state index contributed by atoms with van der Waals surface area (Å²) in [6.45, 7) is 2.20. The molecule has 0 aliphatic carbocycles. The number of aryl methyl sites for hydroxylation is 3. The van der Waals surface area contributed by atoms with E-state index in [1.54, 1.807) is 36.7 Å². The fraction of sp³-hybridized carbons (Fsp3) is 0.316.